The van der Waals surface area contributed by atoms with E-state index in [4.69, 9.17) is 19.3 Å². The van der Waals surface area contributed by atoms with Crippen molar-refractivity contribution in [3.8, 4) is 11.1 Å². The van der Waals surface area contributed by atoms with Gasteiger partial charge in [0, 0.05) is 26.1 Å². The summed E-state index contributed by atoms with van der Waals surface area (Å²) >= 11 is 0. The van der Waals surface area contributed by atoms with Crippen molar-refractivity contribution in [2.75, 3.05) is 33.4 Å². The van der Waals surface area contributed by atoms with Gasteiger partial charge in [0.1, 0.15) is 19.3 Å². The van der Waals surface area contributed by atoms with E-state index in [1.165, 1.54) is 12.0 Å². The van der Waals surface area contributed by atoms with E-state index in [2.05, 4.69) is 17.4 Å². The summed E-state index contributed by atoms with van der Waals surface area (Å²) in [4.78, 5) is 37.7. The fourth-order valence-corrected chi connectivity index (χ4v) is 4.39. The third-order valence-electron chi connectivity index (χ3n) is 6.33. The maximum Gasteiger partial charge on any atom is 0.407 e. The van der Waals surface area contributed by atoms with Crippen LogP contribution in [0.1, 0.15) is 24.0 Å². The number of likely N-dealkylation sites (tertiary alicyclic amines) is 1. The molecule has 2 aliphatic rings. The first-order valence-corrected chi connectivity index (χ1v) is 11.2. The Kier molecular flexibility index (Phi) is 7.14. The van der Waals surface area contributed by atoms with Gasteiger partial charge in [-0.3, -0.25) is 4.79 Å². The monoisotopic (exact) mass is 468 g/mol. The fourth-order valence-electron chi connectivity index (χ4n) is 4.39. The summed E-state index contributed by atoms with van der Waals surface area (Å²) in [5.74, 6) is -1.49. The van der Waals surface area contributed by atoms with Gasteiger partial charge in [-0.05, 0) is 29.2 Å². The number of carbonyl (C=O) groups excluding carboxylic acids is 2. The number of hydrogen-bond acceptors (Lipinski definition) is 6. The lowest BCUT2D eigenvalue weighted by molar-refractivity contribution is -0.157. The second kappa shape index (κ2) is 10.2. The molecule has 2 aromatic carbocycles. The topological polar surface area (TPSA) is 114 Å². The molecule has 34 heavy (non-hydrogen) atoms. The maximum absolute atomic E-state index is 12.9. The van der Waals surface area contributed by atoms with Crippen molar-refractivity contribution in [3.63, 3.8) is 0 Å². The van der Waals surface area contributed by atoms with Crippen LogP contribution >= 0.6 is 0 Å². The highest BCUT2D eigenvalue weighted by Crippen LogP contribution is 2.44. The third kappa shape index (κ3) is 4.90. The average Bonchev–Trinajstić information content (AvgIpc) is 3.13. The summed E-state index contributed by atoms with van der Waals surface area (Å²) in [7, 11) is 1.46. The number of fused-ring (bicyclic) bond motifs is 3. The van der Waals surface area contributed by atoms with E-state index in [0.29, 0.717) is 0 Å². The molecule has 9 heteroatoms. The van der Waals surface area contributed by atoms with Crippen LogP contribution in [-0.2, 0) is 23.8 Å². The van der Waals surface area contributed by atoms with Crippen LogP contribution in [0.3, 0.4) is 0 Å². The van der Waals surface area contributed by atoms with Gasteiger partial charge in [-0.25, -0.2) is 9.59 Å². The van der Waals surface area contributed by atoms with E-state index in [1.54, 1.807) is 6.92 Å². The lowest BCUT2D eigenvalue weighted by Crippen LogP contribution is -2.62. The van der Waals surface area contributed by atoms with Gasteiger partial charge < -0.3 is 29.5 Å². The minimum absolute atomic E-state index is 0.0883. The smallest absolute Gasteiger partial charge is 0.407 e. The molecule has 9 nitrogen and oxygen atoms in total. The summed E-state index contributed by atoms with van der Waals surface area (Å²) in [5.41, 5.74) is 4.46. The second-order valence-corrected chi connectivity index (χ2v) is 8.46. The molecule has 2 unspecified atom stereocenters. The Morgan fingerprint density at radius 2 is 1.65 bits per heavy atom. The molecule has 2 aromatic rings. The molecule has 1 heterocycles. The molecule has 1 aliphatic carbocycles. The second-order valence-electron chi connectivity index (χ2n) is 8.46. The lowest BCUT2D eigenvalue weighted by Gasteiger charge is -2.41. The molecule has 1 aliphatic heterocycles. The molecule has 1 fully saturated rings. The first-order valence-electron chi connectivity index (χ1n) is 11.2. The fraction of sp³-hybridized carbons (Fsp3) is 0.400. The highest BCUT2D eigenvalue weighted by molar-refractivity contribution is 5.87. The van der Waals surface area contributed by atoms with Crippen LogP contribution in [0.25, 0.3) is 11.1 Å². The Labute approximate surface area is 197 Å². The number of alkyl carbamates (subject to hydrolysis) is 1. The third-order valence-corrected chi connectivity index (χ3v) is 6.33. The van der Waals surface area contributed by atoms with Crippen molar-refractivity contribution in [1.82, 2.24) is 10.2 Å². The van der Waals surface area contributed by atoms with Gasteiger partial charge in [0.25, 0.3) is 0 Å². The van der Waals surface area contributed by atoms with Gasteiger partial charge in [-0.2, -0.15) is 0 Å². The number of carboxylic acid groups (broad SMARTS) is 1. The predicted octanol–water partition coefficient (Wildman–Crippen LogP) is 2.24. The predicted molar refractivity (Wildman–Crippen MR) is 122 cm³/mol. The zero-order valence-electron chi connectivity index (χ0n) is 19.1. The van der Waals surface area contributed by atoms with Gasteiger partial charge in [0.2, 0.25) is 5.91 Å². The number of amides is 2. The minimum atomic E-state index is -1.06. The molecule has 2 N–H and O–H groups in total. The number of aliphatic carboxylic acids is 1. The lowest BCUT2D eigenvalue weighted by atomic mass is 9.98. The zero-order chi connectivity index (χ0) is 24.2. The first kappa shape index (κ1) is 23.7. The number of nitrogens with one attached hydrogen (secondary N) is 1. The molecule has 0 aromatic heterocycles. The molecule has 180 valence electrons. The van der Waals surface area contributed by atoms with Crippen LogP contribution in [0, 0.1) is 0 Å². The summed E-state index contributed by atoms with van der Waals surface area (Å²) in [6, 6.07) is 15.2. The molecular formula is C25H28N2O7. The maximum atomic E-state index is 12.9. The Hall–Kier alpha value is -3.43. The molecule has 0 spiro atoms. The molecule has 0 saturated carbocycles. The Bertz CT molecular complexity index is 1020. The Morgan fingerprint density at radius 1 is 1.06 bits per heavy atom. The van der Waals surface area contributed by atoms with Crippen molar-refractivity contribution < 1.29 is 33.7 Å². The summed E-state index contributed by atoms with van der Waals surface area (Å²) in [6.07, 6.45) is -1.64. The average molecular weight is 469 g/mol. The number of hydrogen-bond donors (Lipinski definition) is 2. The van der Waals surface area contributed by atoms with Crippen molar-refractivity contribution in [2.24, 2.45) is 0 Å². The minimum Gasteiger partial charge on any atom is -0.480 e. The number of ether oxygens (including phenoxy) is 3. The van der Waals surface area contributed by atoms with E-state index in [9.17, 15) is 14.4 Å². The van der Waals surface area contributed by atoms with Crippen LogP contribution in [-0.4, -0.2) is 79.6 Å². The van der Waals surface area contributed by atoms with Crippen molar-refractivity contribution in [3.05, 3.63) is 59.7 Å². The summed E-state index contributed by atoms with van der Waals surface area (Å²) in [5, 5.41) is 11.3. The van der Waals surface area contributed by atoms with Crippen LogP contribution in [0.5, 0.6) is 0 Å². The highest BCUT2D eigenvalue weighted by atomic mass is 16.6. The number of benzene rings is 2. The number of methoxy groups -OCH3 is 1. The van der Waals surface area contributed by atoms with Gasteiger partial charge in [-0.1, -0.05) is 48.5 Å². The van der Waals surface area contributed by atoms with E-state index < -0.39 is 30.8 Å². The van der Waals surface area contributed by atoms with E-state index in [0.717, 1.165) is 22.3 Å². The van der Waals surface area contributed by atoms with Crippen molar-refractivity contribution >= 4 is 18.0 Å². The van der Waals surface area contributed by atoms with Crippen LogP contribution in [0.2, 0.25) is 0 Å². The largest absolute Gasteiger partial charge is 0.480 e. The normalized spacial score (nSPS) is 16.7. The van der Waals surface area contributed by atoms with Crippen LogP contribution in [0.15, 0.2) is 48.5 Å². The SMILES string of the molecule is COC(C)C(NC(=O)OCC1c2ccccc2-c2ccccc21)C(=O)N1CC(OCC(=O)O)C1. The zero-order valence-corrected chi connectivity index (χ0v) is 19.1. The van der Waals surface area contributed by atoms with Gasteiger partial charge >= 0.3 is 12.1 Å². The summed E-state index contributed by atoms with van der Waals surface area (Å²) < 4.78 is 16.1. The summed E-state index contributed by atoms with van der Waals surface area (Å²) in [6.45, 7) is 1.92. The Balaban J connectivity index is 1.36. The number of carboxylic acids is 1. The van der Waals surface area contributed by atoms with E-state index >= 15 is 0 Å². The van der Waals surface area contributed by atoms with Crippen molar-refractivity contribution in [2.45, 2.75) is 31.1 Å². The quantitative estimate of drug-likeness (QED) is 0.580. The molecule has 2 amide bonds. The molecular weight excluding hydrogens is 440 g/mol. The number of nitrogens with zero attached hydrogens (tertiary/aromatic N) is 1. The molecule has 4 rings (SSSR count). The molecule has 0 radical (unpaired) electrons. The molecule has 2 atom stereocenters. The molecule has 0 bridgehead atoms. The van der Waals surface area contributed by atoms with Gasteiger partial charge in [0.15, 0.2) is 0 Å². The van der Waals surface area contributed by atoms with Crippen LogP contribution < -0.4 is 5.32 Å². The number of rotatable bonds is 9. The van der Waals surface area contributed by atoms with Gasteiger partial charge in [0.05, 0.1) is 12.2 Å². The molecule has 1 saturated heterocycles. The van der Waals surface area contributed by atoms with Gasteiger partial charge in [-0.15, -0.1) is 0 Å². The van der Waals surface area contributed by atoms with E-state index in [1.807, 2.05) is 36.4 Å². The van der Waals surface area contributed by atoms with E-state index in [-0.39, 0.29) is 37.6 Å². The number of carbonyl (C=O) groups is 3. The van der Waals surface area contributed by atoms with Crippen molar-refractivity contribution in [1.29, 1.82) is 0 Å². The first-order chi connectivity index (χ1) is 16.4. The highest BCUT2D eigenvalue weighted by Gasteiger charge is 2.39. The Morgan fingerprint density at radius 3 is 2.21 bits per heavy atom. The standard InChI is InChI=1S/C25H28N2O7/c1-15(32-2)23(24(30)27-11-16(12-27)33-14-22(28)29)26-25(31)34-13-21-19-9-5-3-7-17(19)18-8-4-6-10-20(18)21/h3-10,15-16,21,23H,11-14H2,1-2H3,(H,26,31)(H,28,29). The van der Waals surface area contributed by atoms with Crippen LogP contribution in [0.4, 0.5) is 4.79 Å².